The third-order valence-corrected chi connectivity index (χ3v) is 7.28. The lowest BCUT2D eigenvalue weighted by molar-refractivity contribution is -0.123. The van der Waals surface area contributed by atoms with Gasteiger partial charge in [0.25, 0.3) is 11.8 Å². The number of fused-ring (bicyclic) bond motifs is 6. The first-order chi connectivity index (χ1) is 17.9. The summed E-state index contributed by atoms with van der Waals surface area (Å²) in [7, 11) is 1.94. The van der Waals surface area contributed by atoms with Crippen LogP contribution in [0.4, 0.5) is 5.69 Å². The first-order valence-electron chi connectivity index (χ1n) is 12.4. The zero-order valence-electron chi connectivity index (χ0n) is 20.9. The Kier molecular flexibility index (Phi) is 5.33. The molecule has 0 saturated heterocycles. The van der Waals surface area contributed by atoms with Crippen molar-refractivity contribution < 1.29 is 14.4 Å². The monoisotopic (exact) mass is 493 g/mol. The molecule has 4 aromatic rings. The highest BCUT2D eigenvalue weighted by atomic mass is 16.2. The SMILES string of the molecule is CC(C)[C@H](NC(=O)CN1C(=O)c2ccccc2N2C(=O)c3ccccc3[C@@H]12)c1nc2ccccc2n1C. The number of hydrogen-bond acceptors (Lipinski definition) is 4. The van der Waals surface area contributed by atoms with Crippen LogP contribution in [0.3, 0.4) is 0 Å². The Hall–Kier alpha value is -4.46. The van der Waals surface area contributed by atoms with Gasteiger partial charge in [-0.1, -0.05) is 56.3 Å². The maximum Gasteiger partial charge on any atom is 0.260 e. The molecule has 0 bridgehead atoms. The molecular formula is C29H27N5O3. The van der Waals surface area contributed by atoms with E-state index in [2.05, 4.69) is 5.32 Å². The Labute approximate surface area is 214 Å². The van der Waals surface area contributed by atoms with Crippen molar-refractivity contribution in [3.8, 4) is 0 Å². The summed E-state index contributed by atoms with van der Waals surface area (Å²) in [4.78, 5) is 48.5. The Morgan fingerprint density at radius 1 is 0.919 bits per heavy atom. The van der Waals surface area contributed by atoms with Gasteiger partial charge in [-0.25, -0.2) is 4.98 Å². The molecule has 8 heteroatoms. The molecule has 0 saturated carbocycles. The number of imidazole rings is 1. The Bertz CT molecular complexity index is 1570. The van der Waals surface area contributed by atoms with Crippen molar-refractivity contribution in [2.24, 2.45) is 13.0 Å². The summed E-state index contributed by atoms with van der Waals surface area (Å²) >= 11 is 0. The van der Waals surface area contributed by atoms with Gasteiger partial charge < -0.3 is 14.8 Å². The summed E-state index contributed by atoms with van der Waals surface area (Å²) in [6.07, 6.45) is -0.676. The summed E-state index contributed by atoms with van der Waals surface area (Å²) < 4.78 is 2.00. The minimum atomic E-state index is -0.676. The van der Waals surface area contributed by atoms with E-state index in [4.69, 9.17) is 4.98 Å². The minimum Gasteiger partial charge on any atom is -0.344 e. The number of rotatable bonds is 5. The van der Waals surface area contributed by atoms with Gasteiger partial charge >= 0.3 is 0 Å². The maximum absolute atomic E-state index is 13.7. The van der Waals surface area contributed by atoms with Crippen molar-refractivity contribution in [3.05, 3.63) is 95.3 Å². The number of benzene rings is 3. The molecule has 3 amide bonds. The van der Waals surface area contributed by atoms with Crippen LogP contribution in [-0.2, 0) is 11.8 Å². The standard InChI is InChI=1S/C29H27N5O3/c1-17(2)25(26-30-21-13-7-9-15-23(21)32(26)3)31-24(35)16-33-27-18-10-4-5-11-19(18)29(37)34(27)22-14-8-6-12-20(22)28(33)36/h4-15,17,25,27H,16H2,1-3H3,(H,31,35)/t25-,27-/m0/s1. The molecule has 1 aromatic heterocycles. The Morgan fingerprint density at radius 2 is 1.59 bits per heavy atom. The minimum absolute atomic E-state index is 0.0579. The third-order valence-electron chi connectivity index (χ3n) is 7.28. The lowest BCUT2D eigenvalue weighted by Crippen LogP contribution is -2.52. The van der Waals surface area contributed by atoms with E-state index in [1.165, 1.54) is 4.90 Å². The maximum atomic E-state index is 13.7. The number of aromatic nitrogens is 2. The van der Waals surface area contributed by atoms with Gasteiger partial charge in [0, 0.05) is 18.2 Å². The Balaban J connectivity index is 1.34. The molecule has 8 nitrogen and oxygen atoms in total. The van der Waals surface area contributed by atoms with Gasteiger partial charge in [-0.2, -0.15) is 0 Å². The number of para-hydroxylation sites is 3. The van der Waals surface area contributed by atoms with Gasteiger partial charge in [0.05, 0.1) is 28.3 Å². The highest BCUT2D eigenvalue weighted by Gasteiger charge is 2.48. The molecule has 2 aliphatic heterocycles. The molecule has 2 atom stereocenters. The smallest absolute Gasteiger partial charge is 0.260 e. The van der Waals surface area contributed by atoms with Crippen molar-refractivity contribution in [3.63, 3.8) is 0 Å². The fourth-order valence-corrected chi connectivity index (χ4v) is 5.48. The average molecular weight is 494 g/mol. The largest absolute Gasteiger partial charge is 0.344 e. The van der Waals surface area contributed by atoms with Crippen LogP contribution >= 0.6 is 0 Å². The molecule has 2 aliphatic rings. The van der Waals surface area contributed by atoms with Gasteiger partial charge in [0.1, 0.15) is 18.5 Å². The van der Waals surface area contributed by atoms with Crippen LogP contribution in [0.15, 0.2) is 72.8 Å². The van der Waals surface area contributed by atoms with Gasteiger partial charge in [0.15, 0.2) is 0 Å². The van der Waals surface area contributed by atoms with Crippen molar-refractivity contribution in [1.29, 1.82) is 0 Å². The highest BCUT2D eigenvalue weighted by molar-refractivity contribution is 6.17. The Morgan fingerprint density at radius 3 is 2.35 bits per heavy atom. The van der Waals surface area contributed by atoms with E-state index in [1.54, 1.807) is 29.2 Å². The van der Waals surface area contributed by atoms with E-state index in [-0.39, 0.29) is 36.2 Å². The summed E-state index contributed by atoms with van der Waals surface area (Å²) in [5.74, 6) is 0.0479. The highest BCUT2D eigenvalue weighted by Crippen LogP contribution is 2.45. The summed E-state index contributed by atoms with van der Waals surface area (Å²) in [6, 6.07) is 21.8. The van der Waals surface area contributed by atoms with Crippen molar-refractivity contribution in [1.82, 2.24) is 19.8 Å². The summed E-state index contributed by atoms with van der Waals surface area (Å²) in [5.41, 5.74) is 4.08. The van der Waals surface area contributed by atoms with Crippen LogP contribution in [0.5, 0.6) is 0 Å². The number of nitrogens with zero attached hydrogens (tertiary/aromatic N) is 4. The van der Waals surface area contributed by atoms with Crippen LogP contribution in [0.2, 0.25) is 0 Å². The molecule has 186 valence electrons. The lowest BCUT2D eigenvalue weighted by Gasteiger charge is -2.40. The fourth-order valence-electron chi connectivity index (χ4n) is 5.48. The molecule has 6 rings (SSSR count). The number of anilines is 1. The molecule has 0 aliphatic carbocycles. The third kappa shape index (κ3) is 3.51. The molecule has 1 N–H and O–H groups in total. The van der Waals surface area contributed by atoms with E-state index in [0.717, 1.165) is 22.4 Å². The van der Waals surface area contributed by atoms with Crippen LogP contribution in [-0.4, -0.2) is 38.7 Å². The zero-order chi connectivity index (χ0) is 25.8. The predicted octanol–water partition coefficient (Wildman–Crippen LogP) is 4.20. The van der Waals surface area contributed by atoms with E-state index >= 15 is 0 Å². The van der Waals surface area contributed by atoms with Crippen LogP contribution in [0.25, 0.3) is 11.0 Å². The topological polar surface area (TPSA) is 87.5 Å². The van der Waals surface area contributed by atoms with E-state index < -0.39 is 6.17 Å². The number of amides is 3. The van der Waals surface area contributed by atoms with Gasteiger partial charge in [-0.3, -0.25) is 19.3 Å². The number of aryl methyl sites for hydroxylation is 1. The van der Waals surface area contributed by atoms with Crippen molar-refractivity contribution in [2.45, 2.75) is 26.1 Å². The molecule has 0 fully saturated rings. The van der Waals surface area contributed by atoms with Crippen LogP contribution < -0.4 is 10.2 Å². The molecular weight excluding hydrogens is 466 g/mol. The van der Waals surface area contributed by atoms with Gasteiger partial charge in [-0.05, 0) is 36.2 Å². The first-order valence-corrected chi connectivity index (χ1v) is 12.4. The number of carbonyl (C=O) groups excluding carboxylic acids is 3. The van der Waals surface area contributed by atoms with Crippen LogP contribution in [0, 0.1) is 5.92 Å². The van der Waals surface area contributed by atoms with Gasteiger partial charge in [0.2, 0.25) is 5.91 Å². The van der Waals surface area contributed by atoms with Crippen molar-refractivity contribution >= 4 is 34.4 Å². The van der Waals surface area contributed by atoms with Crippen molar-refractivity contribution in [2.75, 3.05) is 11.4 Å². The first kappa shape index (κ1) is 23.0. The second-order valence-corrected chi connectivity index (χ2v) is 9.89. The second-order valence-electron chi connectivity index (χ2n) is 9.89. The summed E-state index contributed by atoms with van der Waals surface area (Å²) in [5, 5.41) is 3.12. The molecule has 3 heterocycles. The van der Waals surface area contributed by atoms with E-state index in [1.807, 2.05) is 74.0 Å². The van der Waals surface area contributed by atoms with Crippen LogP contribution in [0.1, 0.15) is 58.2 Å². The average Bonchev–Trinajstić information content (AvgIpc) is 3.39. The molecule has 3 aromatic carbocycles. The second kappa shape index (κ2) is 8.58. The number of hydrogen-bond donors (Lipinski definition) is 1. The zero-order valence-corrected chi connectivity index (χ0v) is 20.9. The van der Waals surface area contributed by atoms with E-state index in [0.29, 0.717) is 16.8 Å². The predicted molar refractivity (Wildman–Crippen MR) is 140 cm³/mol. The van der Waals surface area contributed by atoms with E-state index in [9.17, 15) is 14.4 Å². The normalized spacial score (nSPS) is 17.1. The molecule has 0 radical (unpaired) electrons. The fraction of sp³-hybridized carbons (Fsp3) is 0.241. The molecule has 0 unspecified atom stereocenters. The number of carbonyl (C=O) groups is 3. The number of nitrogens with one attached hydrogen (secondary N) is 1. The van der Waals surface area contributed by atoms with Gasteiger partial charge in [-0.15, -0.1) is 0 Å². The summed E-state index contributed by atoms with van der Waals surface area (Å²) in [6.45, 7) is 3.86. The molecule has 0 spiro atoms. The molecule has 37 heavy (non-hydrogen) atoms. The quantitative estimate of drug-likeness (QED) is 0.451. The lowest BCUT2D eigenvalue weighted by atomic mass is 10.0.